The molecule has 88 valence electrons. The number of carbonyl (C=O) groups is 1. The molecule has 0 bridgehead atoms. The molecule has 0 aliphatic heterocycles. The van der Waals surface area contributed by atoms with Gasteiger partial charge in [-0.1, -0.05) is 39.0 Å². The van der Waals surface area contributed by atoms with Crippen LogP contribution >= 0.6 is 0 Å². The van der Waals surface area contributed by atoms with Gasteiger partial charge in [0.1, 0.15) is 0 Å². The summed E-state index contributed by atoms with van der Waals surface area (Å²) < 4.78 is 0. The van der Waals surface area contributed by atoms with Crippen molar-refractivity contribution in [2.75, 3.05) is 6.54 Å². The number of amides is 1. The molecule has 1 saturated carbocycles. The standard InChI is InChI=1S/C12H24N2O/c1-2-3-7-10-14-11(15)12(13)8-5-4-6-9-12/h2-10,13H2,1H3,(H,14,15). The van der Waals surface area contributed by atoms with Crippen molar-refractivity contribution >= 4 is 5.91 Å². The first-order valence-corrected chi connectivity index (χ1v) is 6.26. The van der Waals surface area contributed by atoms with Crippen molar-refractivity contribution in [1.29, 1.82) is 0 Å². The van der Waals surface area contributed by atoms with Crippen molar-refractivity contribution in [3.63, 3.8) is 0 Å². The zero-order valence-electron chi connectivity index (χ0n) is 9.85. The molecule has 1 aliphatic carbocycles. The third kappa shape index (κ3) is 3.82. The Morgan fingerprint density at radius 1 is 1.27 bits per heavy atom. The number of hydrogen-bond donors (Lipinski definition) is 2. The average molecular weight is 212 g/mol. The predicted octanol–water partition coefficient (Wildman–Crippen LogP) is 1.95. The van der Waals surface area contributed by atoms with Gasteiger partial charge in [0.25, 0.3) is 0 Å². The van der Waals surface area contributed by atoms with Crippen molar-refractivity contribution in [3.8, 4) is 0 Å². The summed E-state index contributed by atoms with van der Waals surface area (Å²) in [5.74, 6) is 0.0679. The molecule has 0 aromatic rings. The summed E-state index contributed by atoms with van der Waals surface area (Å²) in [5.41, 5.74) is 5.54. The number of unbranched alkanes of at least 4 members (excludes halogenated alkanes) is 2. The van der Waals surface area contributed by atoms with Crippen LogP contribution in [-0.4, -0.2) is 18.0 Å². The van der Waals surface area contributed by atoms with Gasteiger partial charge in [0.05, 0.1) is 5.54 Å². The zero-order chi connectivity index (χ0) is 11.1. The monoisotopic (exact) mass is 212 g/mol. The zero-order valence-corrected chi connectivity index (χ0v) is 9.85. The number of nitrogens with two attached hydrogens (primary N) is 1. The summed E-state index contributed by atoms with van der Waals surface area (Å²) in [6.07, 6.45) is 8.55. The first-order chi connectivity index (χ1) is 7.19. The van der Waals surface area contributed by atoms with E-state index in [-0.39, 0.29) is 5.91 Å². The van der Waals surface area contributed by atoms with E-state index in [1.807, 2.05) is 0 Å². The first-order valence-electron chi connectivity index (χ1n) is 6.26. The SMILES string of the molecule is CCCCCNC(=O)C1(N)CCCCC1. The smallest absolute Gasteiger partial charge is 0.240 e. The lowest BCUT2D eigenvalue weighted by Gasteiger charge is -2.31. The maximum atomic E-state index is 11.8. The predicted molar refractivity (Wildman–Crippen MR) is 62.5 cm³/mol. The van der Waals surface area contributed by atoms with Gasteiger partial charge in [-0.25, -0.2) is 0 Å². The van der Waals surface area contributed by atoms with Crippen LogP contribution in [0, 0.1) is 0 Å². The van der Waals surface area contributed by atoms with E-state index in [0.717, 1.165) is 38.6 Å². The third-order valence-electron chi connectivity index (χ3n) is 3.26. The summed E-state index contributed by atoms with van der Waals surface area (Å²) in [6.45, 7) is 2.94. The van der Waals surface area contributed by atoms with Crippen molar-refractivity contribution in [2.45, 2.75) is 63.8 Å². The van der Waals surface area contributed by atoms with Gasteiger partial charge in [-0.15, -0.1) is 0 Å². The maximum absolute atomic E-state index is 11.8. The Hall–Kier alpha value is -0.570. The van der Waals surface area contributed by atoms with Crippen molar-refractivity contribution in [2.24, 2.45) is 5.73 Å². The normalized spacial score (nSPS) is 19.9. The van der Waals surface area contributed by atoms with Gasteiger partial charge in [0.2, 0.25) is 5.91 Å². The van der Waals surface area contributed by atoms with E-state index in [1.165, 1.54) is 19.3 Å². The number of rotatable bonds is 5. The second-order valence-corrected chi connectivity index (χ2v) is 4.68. The maximum Gasteiger partial charge on any atom is 0.240 e. The summed E-state index contributed by atoms with van der Waals surface area (Å²) in [7, 11) is 0. The van der Waals surface area contributed by atoms with Crippen LogP contribution < -0.4 is 11.1 Å². The van der Waals surface area contributed by atoms with Gasteiger partial charge < -0.3 is 11.1 Å². The molecule has 0 saturated heterocycles. The molecule has 3 nitrogen and oxygen atoms in total. The molecular formula is C12H24N2O. The van der Waals surface area contributed by atoms with Gasteiger partial charge in [-0.05, 0) is 19.3 Å². The first kappa shape index (κ1) is 12.5. The summed E-state index contributed by atoms with van der Waals surface area (Å²) >= 11 is 0. The van der Waals surface area contributed by atoms with Gasteiger partial charge in [0, 0.05) is 6.54 Å². The molecule has 0 atom stereocenters. The molecule has 1 fully saturated rings. The minimum absolute atomic E-state index is 0.0679. The Balaban J connectivity index is 2.25. The highest BCUT2D eigenvalue weighted by Crippen LogP contribution is 2.25. The van der Waals surface area contributed by atoms with Crippen molar-refractivity contribution < 1.29 is 4.79 Å². The Morgan fingerprint density at radius 3 is 2.53 bits per heavy atom. The Kier molecular flexibility index (Phi) is 5.09. The molecule has 0 radical (unpaired) electrons. The van der Waals surface area contributed by atoms with Crippen LogP contribution in [0.15, 0.2) is 0 Å². The van der Waals surface area contributed by atoms with E-state index in [0.29, 0.717) is 0 Å². The van der Waals surface area contributed by atoms with Crippen LogP contribution in [0.4, 0.5) is 0 Å². The topological polar surface area (TPSA) is 55.1 Å². The van der Waals surface area contributed by atoms with E-state index >= 15 is 0 Å². The summed E-state index contributed by atoms with van der Waals surface area (Å²) in [5, 5.41) is 2.96. The van der Waals surface area contributed by atoms with Crippen molar-refractivity contribution in [1.82, 2.24) is 5.32 Å². The van der Waals surface area contributed by atoms with Gasteiger partial charge in [-0.3, -0.25) is 4.79 Å². The van der Waals surface area contributed by atoms with Crippen molar-refractivity contribution in [3.05, 3.63) is 0 Å². The van der Waals surface area contributed by atoms with Crippen LogP contribution in [0.2, 0.25) is 0 Å². The Morgan fingerprint density at radius 2 is 1.93 bits per heavy atom. The minimum Gasteiger partial charge on any atom is -0.355 e. The van der Waals surface area contributed by atoms with Crippen LogP contribution in [0.5, 0.6) is 0 Å². The molecule has 15 heavy (non-hydrogen) atoms. The fourth-order valence-corrected chi connectivity index (χ4v) is 2.16. The highest BCUT2D eigenvalue weighted by molar-refractivity contribution is 5.86. The van der Waals surface area contributed by atoms with Crippen LogP contribution in [0.3, 0.4) is 0 Å². The molecular weight excluding hydrogens is 188 g/mol. The number of carbonyl (C=O) groups excluding carboxylic acids is 1. The molecule has 0 aromatic heterocycles. The molecule has 0 unspecified atom stereocenters. The van der Waals surface area contributed by atoms with E-state index < -0.39 is 5.54 Å². The van der Waals surface area contributed by atoms with E-state index in [1.54, 1.807) is 0 Å². The van der Waals surface area contributed by atoms with Gasteiger partial charge in [-0.2, -0.15) is 0 Å². The molecule has 0 aromatic carbocycles. The molecule has 1 amide bonds. The number of nitrogens with one attached hydrogen (secondary N) is 1. The molecule has 0 heterocycles. The highest BCUT2D eigenvalue weighted by Gasteiger charge is 2.34. The highest BCUT2D eigenvalue weighted by atomic mass is 16.2. The van der Waals surface area contributed by atoms with Crippen LogP contribution in [0.25, 0.3) is 0 Å². The van der Waals surface area contributed by atoms with E-state index in [4.69, 9.17) is 5.73 Å². The molecule has 3 heteroatoms. The lowest BCUT2D eigenvalue weighted by atomic mass is 9.82. The second-order valence-electron chi connectivity index (χ2n) is 4.68. The Labute approximate surface area is 92.8 Å². The molecule has 0 spiro atoms. The van der Waals surface area contributed by atoms with Crippen LogP contribution in [-0.2, 0) is 4.79 Å². The van der Waals surface area contributed by atoms with Gasteiger partial charge in [0.15, 0.2) is 0 Å². The van der Waals surface area contributed by atoms with E-state index in [9.17, 15) is 4.79 Å². The number of hydrogen-bond acceptors (Lipinski definition) is 2. The lowest BCUT2D eigenvalue weighted by molar-refractivity contribution is -0.127. The largest absolute Gasteiger partial charge is 0.355 e. The molecule has 1 aliphatic rings. The second kappa shape index (κ2) is 6.11. The summed E-state index contributed by atoms with van der Waals surface area (Å²) in [4.78, 5) is 11.8. The van der Waals surface area contributed by atoms with E-state index in [2.05, 4.69) is 12.2 Å². The fourth-order valence-electron chi connectivity index (χ4n) is 2.16. The molecule has 3 N–H and O–H groups in total. The summed E-state index contributed by atoms with van der Waals surface area (Å²) in [6, 6.07) is 0. The fraction of sp³-hybridized carbons (Fsp3) is 0.917. The minimum atomic E-state index is -0.565. The quantitative estimate of drug-likeness (QED) is 0.684. The average Bonchev–Trinajstić information content (AvgIpc) is 2.25. The Bertz CT molecular complexity index is 198. The van der Waals surface area contributed by atoms with Crippen LogP contribution in [0.1, 0.15) is 58.3 Å². The third-order valence-corrected chi connectivity index (χ3v) is 3.26. The lowest BCUT2D eigenvalue weighted by Crippen LogP contribution is -2.55. The van der Waals surface area contributed by atoms with Gasteiger partial charge >= 0.3 is 0 Å². The molecule has 1 rings (SSSR count).